The fraction of sp³-hybridized carbons (Fsp3) is 0.357. The molecule has 3 amide bonds. The van der Waals surface area contributed by atoms with Gasteiger partial charge in [0.05, 0.1) is 36.6 Å². The molecule has 0 radical (unpaired) electrons. The molecule has 1 N–H and O–H groups in total. The number of carbonyl (C=O) groups excluding carboxylic acids is 3. The Morgan fingerprint density at radius 2 is 1.65 bits per heavy atom. The average Bonchev–Trinajstić information content (AvgIpc) is 3.98. The van der Waals surface area contributed by atoms with Crippen LogP contribution in [0.3, 0.4) is 0 Å². The van der Waals surface area contributed by atoms with Gasteiger partial charge in [-0.05, 0) is 97.5 Å². The zero-order valence-corrected chi connectivity index (χ0v) is 30.8. The van der Waals surface area contributed by atoms with Crippen molar-refractivity contribution in [3.63, 3.8) is 0 Å². The second-order valence-electron chi connectivity index (χ2n) is 14.3. The van der Waals surface area contributed by atoms with Gasteiger partial charge in [-0.3, -0.25) is 24.3 Å². The molecule has 10 nitrogen and oxygen atoms in total. The highest BCUT2D eigenvalue weighted by Crippen LogP contribution is 2.44. The van der Waals surface area contributed by atoms with Crippen molar-refractivity contribution in [3.05, 3.63) is 120 Å². The van der Waals surface area contributed by atoms with Crippen LogP contribution in [-0.2, 0) is 31.1 Å². The number of aliphatic imine (C=N–C) groups is 1. The van der Waals surface area contributed by atoms with Crippen LogP contribution >= 0.6 is 11.8 Å². The Bertz CT molecular complexity index is 2000. The number of carbonyl (C=O) groups is 3. The van der Waals surface area contributed by atoms with Gasteiger partial charge in [0.2, 0.25) is 17.7 Å². The van der Waals surface area contributed by atoms with E-state index in [1.54, 1.807) is 28.1 Å². The lowest BCUT2D eigenvalue weighted by atomic mass is 9.77. The fourth-order valence-corrected chi connectivity index (χ4v) is 9.29. The van der Waals surface area contributed by atoms with Crippen LogP contribution in [0.1, 0.15) is 60.6 Å². The minimum atomic E-state index is -0.733. The molecule has 54 heavy (non-hydrogen) atoms. The predicted octanol–water partition coefficient (Wildman–Crippen LogP) is 7.00. The van der Waals surface area contributed by atoms with Crippen LogP contribution in [0.15, 0.2) is 102 Å². The molecule has 4 fully saturated rings. The molecule has 1 aromatic heterocycles. The summed E-state index contributed by atoms with van der Waals surface area (Å²) in [7, 11) is 0. The Kier molecular flexibility index (Phi) is 10.5. The van der Waals surface area contributed by atoms with E-state index in [9.17, 15) is 18.8 Å². The average molecular weight is 747 g/mol. The number of amidine groups is 1. The Hall–Kier alpha value is -5.07. The van der Waals surface area contributed by atoms with E-state index in [0.717, 1.165) is 60.5 Å². The number of morpholine rings is 1. The number of aromatic nitrogens is 1. The van der Waals surface area contributed by atoms with Gasteiger partial charge in [-0.25, -0.2) is 9.38 Å². The van der Waals surface area contributed by atoms with Gasteiger partial charge < -0.3 is 19.9 Å². The van der Waals surface area contributed by atoms with E-state index in [0.29, 0.717) is 56.4 Å². The van der Waals surface area contributed by atoms with E-state index < -0.39 is 16.7 Å². The number of hydrogen-bond acceptors (Lipinski definition) is 8. The van der Waals surface area contributed by atoms with Gasteiger partial charge in [0, 0.05) is 37.2 Å². The van der Waals surface area contributed by atoms with Gasteiger partial charge >= 0.3 is 0 Å². The van der Waals surface area contributed by atoms with E-state index >= 15 is 0 Å². The van der Waals surface area contributed by atoms with Gasteiger partial charge in [-0.2, -0.15) is 0 Å². The number of hydrogen-bond donors (Lipinski definition) is 1. The molecule has 8 rings (SSSR count). The molecule has 0 spiro atoms. The number of thioether (sulfide) groups is 1. The van der Waals surface area contributed by atoms with Crippen molar-refractivity contribution in [3.8, 4) is 0 Å². The molecule has 1 aliphatic carbocycles. The first-order valence-electron chi connectivity index (χ1n) is 18.8. The molecule has 3 aliphatic heterocycles. The van der Waals surface area contributed by atoms with Crippen molar-refractivity contribution in [2.75, 3.05) is 43.1 Å². The molecule has 0 bridgehead atoms. The lowest BCUT2D eigenvalue weighted by Crippen LogP contribution is -2.51. The monoisotopic (exact) mass is 746 g/mol. The molecular weight excluding hydrogens is 704 g/mol. The van der Waals surface area contributed by atoms with Crippen LogP contribution in [0, 0.1) is 5.82 Å². The normalized spacial score (nSPS) is 21.9. The maximum atomic E-state index is 14.2. The third kappa shape index (κ3) is 7.37. The van der Waals surface area contributed by atoms with Gasteiger partial charge in [-0.1, -0.05) is 54.9 Å². The summed E-state index contributed by atoms with van der Waals surface area (Å²) < 4.78 is 19.3. The molecule has 2 atom stereocenters. The predicted molar refractivity (Wildman–Crippen MR) is 208 cm³/mol. The summed E-state index contributed by atoms with van der Waals surface area (Å²) in [6.07, 6.45) is 6.24. The first-order chi connectivity index (χ1) is 26.4. The number of halogens is 1. The van der Waals surface area contributed by atoms with Crippen molar-refractivity contribution in [1.82, 2.24) is 14.8 Å². The SMILES string of the molecule is O=C(Nc1ccc(C2S/C(=N\c3ccc(N4CCOCC4)cc3)N(Cc3ccccn3)C2=O)cc1)[C@@H]1CCCN1C(=O)C1(c2ccc(F)cc2)CCCC1. The van der Waals surface area contributed by atoms with Gasteiger partial charge in [0.15, 0.2) is 5.17 Å². The zero-order chi connectivity index (χ0) is 37.1. The van der Waals surface area contributed by atoms with Crippen molar-refractivity contribution >= 4 is 51.7 Å². The molecule has 12 heteroatoms. The van der Waals surface area contributed by atoms with Crippen molar-refractivity contribution in [2.45, 2.75) is 61.8 Å². The minimum absolute atomic E-state index is 0.0443. The Balaban J connectivity index is 0.971. The van der Waals surface area contributed by atoms with Gasteiger partial charge in [0.1, 0.15) is 17.1 Å². The molecule has 1 unspecified atom stereocenters. The first-order valence-corrected chi connectivity index (χ1v) is 19.6. The molecule has 4 heterocycles. The summed E-state index contributed by atoms with van der Waals surface area (Å²) in [4.78, 5) is 57.0. The minimum Gasteiger partial charge on any atom is -0.378 e. The number of nitrogens with one attached hydrogen (secondary N) is 1. The number of anilines is 2. The summed E-state index contributed by atoms with van der Waals surface area (Å²) in [6, 6.07) is 26.7. The Morgan fingerprint density at radius 1 is 0.907 bits per heavy atom. The zero-order valence-electron chi connectivity index (χ0n) is 30.0. The number of ether oxygens (including phenoxy) is 1. The van der Waals surface area contributed by atoms with E-state index in [4.69, 9.17) is 9.73 Å². The van der Waals surface area contributed by atoms with Crippen LogP contribution in [0.5, 0.6) is 0 Å². The lowest BCUT2D eigenvalue weighted by molar-refractivity contribution is -0.141. The van der Waals surface area contributed by atoms with Crippen molar-refractivity contribution in [2.24, 2.45) is 4.99 Å². The smallest absolute Gasteiger partial charge is 0.247 e. The van der Waals surface area contributed by atoms with Crippen LogP contribution in [0.2, 0.25) is 0 Å². The molecule has 4 aliphatic rings. The van der Waals surface area contributed by atoms with E-state index in [-0.39, 0.29) is 23.5 Å². The lowest BCUT2D eigenvalue weighted by Gasteiger charge is -2.35. The number of rotatable bonds is 9. The van der Waals surface area contributed by atoms with Crippen LogP contribution in [0.25, 0.3) is 0 Å². The van der Waals surface area contributed by atoms with Crippen LogP contribution < -0.4 is 10.2 Å². The highest BCUT2D eigenvalue weighted by atomic mass is 32.2. The third-order valence-electron chi connectivity index (χ3n) is 11.0. The summed E-state index contributed by atoms with van der Waals surface area (Å²) in [6.45, 7) is 3.91. The summed E-state index contributed by atoms with van der Waals surface area (Å²) >= 11 is 1.40. The second kappa shape index (κ2) is 15.7. The maximum Gasteiger partial charge on any atom is 0.247 e. The number of likely N-dealkylation sites (tertiary alicyclic amines) is 1. The molecule has 3 saturated heterocycles. The fourth-order valence-electron chi connectivity index (χ4n) is 8.12. The number of pyridine rings is 1. The van der Waals surface area contributed by atoms with Gasteiger partial charge in [-0.15, -0.1) is 0 Å². The highest BCUT2D eigenvalue weighted by Gasteiger charge is 2.48. The number of nitrogens with zero attached hydrogens (tertiary/aromatic N) is 5. The summed E-state index contributed by atoms with van der Waals surface area (Å²) in [5, 5.41) is 3.10. The third-order valence-corrected chi connectivity index (χ3v) is 12.2. The standard InChI is InChI=1S/C42H43FN6O4S/c43-31-12-10-30(11-13-31)42(20-2-3-21-42)40(52)48-23-5-7-36(48)38(50)45-32-14-8-29(9-15-32)37-39(51)49(28-34-6-1-4-22-44-34)41(54-37)46-33-16-18-35(19-17-33)47-24-26-53-27-25-47/h1,4,6,8-19,22,36-37H,2-3,5,7,20-21,23-28H2,(H,45,50)/b46-41-/t36-,37?/m0/s1. The van der Waals surface area contributed by atoms with Crippen molar-refractivity contribution < 1.29 is 23.5 Å². The van der Waals surface area contributed by atoms with Crippen molar-refractivity contribution in [1.29, 1.82) is 0 Å². The molecule has 3 aromatic carbocycles. The summed E-state index contributed by atoms with van der Waals surface area (Å²) in [5.41, 5.74) is 4.10. The summed E-state index contributed by atoms with van der Waals surface area (Å²) in [5.74, 6) is -0.700. The quantitative estimate of drug-likeness (QED) is 0.197. The van der Waals surface area contributed by atoms with E-state index in [1.165, 1.54) is 23.9 Å². The second-order valence-corrected chi connectivity index (χ2v) is 15.4. The maximum absolute atomic E-state index is 14.2. The molecule has 1 saturated carbocycles. The van der Waals surface area contributed by atoms with E-state index in [1.807, 2.05) is 54.6 Å². The Morgan fingerprint density at radius 3 is 2.35 bits per heavy atom. The topological polar surface area (TPSA) is 107 Å². The first kappa shape index (κ1) is 35.9. The number of benzene rings is 3. The van der Waals surface area contributed by atoms with Crippen LogP contribution in [-0.4, -0.2) is 76.6 Å². The van der Waals surface area contributed by atoms with Crippen LogP contribution in [0.4, 0.5) is 21.5 Å². The van der Waals surface area contributed by atoms with Gasteiger partial charge in [0.25, 0.3) is 0 Å². The Labute approximate surface area is 318 Å². The highest BCUT2D eigenvalue weighted by molar-refractivity contribution is 8.15. The molecule has 4 aromatic rings. The molecule has 278 valence electrons. The van der Waals surface area contributed by atoms with E-state index in [2.05, 4.69) is 27.3 Å². The largest absolute Gasteiger partial charge is 0.378 e. The molecular formula is C42H43FN6O4S. The number of amides is 3.